The lowest BCUT2D eigenvalue weighted by Crippen LogP contribution is -2.24. The van der Waals surface area contributed by atoms with Gasteiger partial charge in [0.05, 0.1) is 0 Å². The maximum atomic E-state index is 11.5. The van der Waals surface area contributed by atoms with E-state index in [1.807, 2.05) is 19.9 Å². The second kappa shape index (κ2) is 3.29. The molecule has 0 N–H and O–H groups in total. The van der Waals surface area contributed by atoms with Crippen molar-refractivity contribution in [1.82, 2.24) is 5.16 Å². The summed E-state index contributed by atoms with van der Waals surface area (Å²) in [5, 5.41) is 3.81. The molecule has 1 aromatic heterocycles. The van der Waals surface area contributed by atoms with E-state index in [9.17, 15) is 4.79 Å². The lowest BCUT2D eigenvalue weighted by Gasteiger charge is -2.16. The van der Waals surface area contributed by atoms with Gasteiger partial charge in [-0.05, 0) is 19.9 Å². The Labute approximate surface area is 81.5 Å². The van der Waals surface area contributed by atoms with Crippen molar-refractivity contribution < 1.29 is 14.1 Å². The minimum atomic E-state index is -0.340. The summed E-state index contributed by atoms with van der Waals surface area (Å²) < 4.78 is 10.2. The fourth-order valence-corrected chi connectivity index (χ4v) is 1.51. The molecule has 4 nitrogen and oxygen atoms in total. The van der Waals surface area contributed by atoms with E-state index in [2.05, 4.69) is 5.16 Å². The van der Waals surface area contributed by atoms with E-state index in [4.69, 9.17) is 9.26 Å². The predicted molar refractivity (Wildman–Crippen MR) is 49.8 cm³/mol. The molecule has 0 fully saturated rings. The standard InChI is InChI=1S/C10H11NO3/c1-3-4-7-9-8(14-11-7)5-6(2)13-10(9)12/h3-4,6H,5H2,1-2H3. The fraction of sp³-hybridized carbons (Fsp3) is 0.400. The summed E-state index contributed by atoms with van der Waals surface area (Å²) in [5.41, 5.74) is 1.03. The van der Waals surface area contributed by atoms with Crippen LogP contribution in [0.2, 0.25) is 0 Å². The Hall–Kier alpha value is -1.58. The molecule has 0 radical (unpaired) electrons. The summed E-state index contributed by atoms with van der Waals surface area (Å²) in [6.45, 7) is 3.69. The number of hydrogen-bond acceptors (Lipinski definition) is 4. The van der Waals surface area contributed by atoms with Crippen LogP contribution in [0.1, 0.15) is 35.7 Å². The summed E-state index contributed by atoms with van der Waals surface area (Å²) in [6, 6.07) is 0. The molecule has 1 unspecified atom stereocenters. The Morgan fingerprint density at radius 2 is 2.36 bits per heavy atom. The molecule has 1 aromatic rings. The van der Waals surface area contributed by atoms with E-state index >= 15 is 0 Å². The van der Waals surface area contributed by atoms with Crippen LogP contribution in [0.3, 0.4) is 0 Å². The van der Waals surface area contributed by atoms with Crippen LogP contribution in [0.4, 0.5) is 0 Å². The van der Waals surface area contributed by atoms with Gasteiger partial charge in [0.2, 0.25) is 0 Å². The fourth-order valence-electron chi connectivity index (χ4n) is 1.51. The van der Waals surface area contributed by atoms with Crippen LogP contribution >= 0.6 is 0 Å². The van der Waals surface area contributed by atoms with Crippen molar-refractivity contribution in [3.05, 3.63) is 23.1 Å². The number of ether oxygens (including phenoxy) is 1. The van der Waals surface area contributed by atoms with Gasteiger partial charge in [0, 0.05) is 6.42 Å². The van der Waals surface area contributed by atoms with Crippen LogP contribution in [0, 0.1) is 0 Å². The smallest absolute Gasteiger partial charge is 0.344 e. The summed E-state index contributed by atoms with van der Waals surface area (Å²) in [6.07, 6.45) is 4.02. The van der Waals surface area contributed by atoms with Crippen LogP contribution in [-0.2, 0) is 11.2 Å². The van der Waals surface area contributed by atoms with Crippen LogP contribution in [0.5, 0.6) is 0 Å². The molecule has 1 aliphatic heterocycles. The summed E-state index contributed by atoms with van der Waals surface area (Å²) in [5.74, 6) is 0.287. The molecule has 2 heterocycles. The first-order chi connectivity index (χ1) is 6.72. The third kappa shape index (κ3) is 1.32. The van der Waals surface area contributed by atoms with E-state index in [0.29, 0.717) is 23.4 Å². The van der Waals surface area contributed by atoms with Crippen molar-refractivity contribution in [3.63, 3.8) is 0 Å². The van der Waals surface area contributed by atoms with Crippen molar-refractivity contribution in [2.75, 3.05) is 0 Å². The largest absolute Gasteiger partial charge is 0.458 e. The molecular formula is C10H11NO3. The van der Waals surface area contributed by atoms with Crippen LogP contribution in [0.15, 0.2) is 10.6 Å². The molecule has 0 amide bonds. The number of fused-ring (bicyclic) bond motifs is 1. The highest BCUT2D eigenvalue weighted by Crippen LogP contribution is 2.24. The van der Waals surface area contributed by atoms with Gasteiger partial charge in [-0.2, -0.15) is 0 Å². The maximum absolute atomic E-state index is 11.5. The molecule has 14 heavy (non-hydrogen) atoms. The minimum Gasteiger partial charge on any atom is -0.458 e. The van der Waals surface area contributed by atoms with Gasteiger partial charge in [-0.25, -0.2) is 4.79 Å². The quantitative estimate of drug-likeness (QED) is 0.638. The molecule has 1 aliphatic rings. The number of cyclic esters (lactones) is 1. The monoisotopic (exact) mass is 193 g/mol. The lowest BCUT2D eigenvalue weighted by atomic mass is 10.1. The van der Waals surface area contributed by atoms with Crippen molar-refractivity contribution in [1.29, 1.82) is 0 Å². The first-order valence-electron chi connectivity index (χ1n) is 4.54. The second-order valence-electron chi connectivity index (χ2n) is 3.29. The van der Waals surface area contributed by atoms with Gasteiger partial charge in [0.1, 0.15) is 17.4 Å². The van der Waals surface area contributed by atoms with E-state index in [-0.39, 0.29) is 12.1 Å². The van der Waals surface area contributed by atoms with Crippen molar-refractivity contribution in [2.24, 2.45) is 0 Å². The van der Waals surface area contributed by atoms with Gasteiger partial charge in [0.15, 0.2) is 5.76 Å². The Morgan fingerprint density at radius 3 is 3.07 bits per heavy atom. The Kier molecular flexibility index (Phi) is 2.11. The number of rotatable bonds is 1. The van der Waals surface area contributed by atoms with E-state index in [0.717, 1.165) is 0 Å². The maximum Gasteiger partial charge on any atom is 0.344 e. The summed E-state index contributed by atoms with van der Waals surface area (Å²) in [7, 11) is 0. The first-order valence-corrected chi connectivity index (χ1v) is 4.54. The summed E-state index contributed by atoms with van der Waals surface area (Å²) in [4.78, 5) is 11.5. The molecule has 0 aliphatic carbocycles. The third-order valence-corrected chi connectivity index (χ3v) is 2.10. The van der Waals surface area contributed by atoms with Crippen LogP contribution in [0.25, 0.3) is 6.08 Å². The molecule has 4 heteroatoms. The van der Waals surface area contributed by atoms with Crippen molar-refractivity contribution in [2.45, 2.75) is 26.4 Å². The average Bonchev–Trinajstić information content (AvgIpc) is 2.49. The van der Waals surface area contributed by atoms with Gasteiger partial charge in [-0.15, -0.1) is 0 Å². The van der Waals surface area contributed by atoms with Gasteiger partial charge < -0.3 is 9.26 Å². The predicted octanol–water partition coefficient (Wildman–Crippen LogP) is 1.81. The number of carbonyl (C=O) groups is 1. The molecular weight excluding hydrogens is 182 g/mol. The zero-order chi connectivity index (χ0) is 10.1. The molecule has 1 atom stereocenters. The van der Waals surface area contributed by atoms with Gasteiger partial charge in [0.25, 0.3) is 0 Å². The number of carbonyl (C=O) groups excluding carboxylic acids is 1. The van der Waals surface area contributed by atoms with Gasteiger partial charge in [-0.1, -0.05) is 11.2 Å². The zero-order valence-electron chi connectivity index (χ0n) is 8.11. The zero-order valence-corrected chi connectivity index (χ0v) is 8.11. The van der Waals surface area contributed by atoms with E-state index in [1.165, 1.54) is 0 Å². The highest BCUT2D eigenvalue weighted by molar-refractivity contribution is 5.94. The molecule has 74 valence electrons. The Balaban J connectivity index is 2.46. The Morgan fingerprint density at radius 1 is 1.57 bits per heavy atom. The van der Waals surface area contributed by atoms with Crippen LogP contribution in [-0.4, -0.2) is 17.2 Å². The number of aromatic nitrogens is 1. The number of allylic oxidation sites excluding steroid dienone is 1. The number of esters is 1. The first kappa shape index (κ1) is 8.99. The van der Waals surface area contributed by atoms with E-state index < -0.39 is 0 Å². The number of nitrogens with zero attached hydrogens (tertiary/aromatic N) is 1. The van der Waals surface area contributed by atoms with Gasteiger partial charge in [-0.3, -0.25) is 0 Å². The number of hydrogen-bond donors (Lipinski definition) is 0. The van der Waals surface area contributed by atoms with Crippen molar-refractivity contribution >= 4 is 12.0 Å². The molecule has 0 bridgehead atoms. The highest BCUT2D eigenvalue weighted by Gasteiger charge is 2.30. The minimum absolute atomic E-state index is 0.124. The molecule has 0 saturated carbocycles. The average molecular weight is 193 g/mol. The van der Waals surface area contributed by atoms with Crippen molar-refractivity contribution in [3.8, 4) is 0 Å². The molecule has 0 aromatic carbocycles. The van der Waals surface area contributed by atoms with Gasteiger partial charge >= 0.3 is 5.97 Å². The molecule has 2 rings (SSSR count). The van der Waals surface area contributed by atoms with E-state index in [1.54, 1.807) is 6.08 Å². The SMILES string of the molecule is CC=Cc1noc2c1C(=O)OC(C)C2. The second-order valence-corrected chi connectivity index (χ2v) is 3.29. The molecule has 0 spiro atoms. The summed E-state index contributed by atoms with van der Waals surface area (Å²) >= 11 is 0. The normalized spacial score (nSPS) is 21.0. The Bertz CT molecular complexity index is 392. The van der Waals surface area contributed by atoms with Crippen LogP contribution < -0.4 is 0 Å². The molecule has 0 saturated heterocycles. The lowest BCUT2D eigenvalue weighted by molar-refractivity contribution is 0.0280. The third-order valence-electron chi connectivity index (χ3n) is 2.10. The topological polar surface area (TPSA) is 52.3 Å². The highest BCUT2D eigenvalue weighted by atomic mass is 16.5.